The highest BCUT2D eigenvalue weighted by Gasteiger charge is 2.44. The molecule has 8 nitrogen and oxygen atoms in total. The number of hydrogen-bond donors (Lipinski definition) is 2. The van der Waals surface area contributed by atoms with Gasteiger partial charge in [-0.15, -0.1) is 0 Å². The zero-order chi connectivity index (χ0) is 25.5. The van der Waals surface area contributed by atoms with E-state index in [0.29, 0.717) is 11.8 Å². The SMILES string of the molecule is O=C(Nc1ccc2cncc(C(F)(F)F)c2c1)[C@@H]1CC1c1ccc(S(=O)(=O)Nc2ncccn2)cc1. The number of rotatable bonds is 6. The van der Waals surface area contributed by atoms with Crippen LogP contribution in [0.4, 0.5) is 24.8 Å². The van der Waals surface area contributed by atoms with Crippen molar-refractivity contribution in [2.75, 3.05) is 10.0 Å². The number of fused-ring (bicyclic) bond motifs is 1. The summed E-state index contributed by atoms with van der Waals surface area (Å²) in [6.07, 6.45) is 0.892. The van der Waals surface area contributed by atoms with Crippen LogP contribution in [0.25, 0.3) is 10.8 Å². The van der Waals surface area contributed by atoms with Crippen molar-refractivity contribution in [2.24, 2.45) is 5.92 Å². The number of alkyl halides is 3. The van der Waals surface area contributed by atoms with Gasteiger partial charge in [0.2, 0.25) is 11.9 Å². The molecule has 0 radical (unpaired) electrons. The molecule has 2 heterocycles. The van der Waals surface area contributed by atoms with Crippen molar-refractivity contribution in [3.63, 3.8) is 0 Å². The second kappa shape index (κ2) is 8.86. The molecule has 1 amide bonds. The number of sulfonamides is 1. The lowest BCUT2D eigenvalue weighted by Crippen LogP contribution is -2.15. The minimum Gasteiger partial charge on any atom is -0.326 e. The molecule has 1 saturated carbocycles. The number of pyridine rings is 1. The molecule has 1 unspecified atom stereocenters. The number of nitrogens with zero attached hydrogens (tertiary/aromatic N) is 3. The molecule has 0 bridgehead atoms. The summed E-state index contributed by atoms with van der Waals surface area (Å²) in [5.41, 5.74) is 0.170. The van der Waals surface area contributed by atoms with E-state index in [2.05, 4.69) is 25.0 Å². The van der Waals surface area contributed by atoms with Crippen LogP contribution in [0, 0.1) is 5.92 Å². The van der Waals surface area contributed by atoms with E-state index in [1.165, 1.54) is 48.9 Å². The topological polar surface area (TPSA) is 114 Å². The first-order valence-corrected chi connectivity index (χ1v) is 12.3. The molecule has 36 heavy (non-hydrogen) atoms. The van der Waals surface area contributed by atoms with Crippen LogP contribution in [0.2, 0.25) is 0 Å². The molecule has 4 aromatic rings. The van der Waals surface area contributed by atoms with Crippen molar-refractivity contribution < 1.29 is 26.4 Å². The molecule has 0 spiro atoms. The third-order valence-electron chi connectivity index (χ3n) is 5.87. The molecule has 2 atom stereocenters. The minimum atomic E-state index is -4.57. The molecule has 1 aliphatic rings. The molecule has 1 aliphatic carbocycles. The normalized spacial score (nSPS) is 17.5. The molecule has 2 aromatic heterocycles. The van der Waals surface area contributed by atoms with Gasteiger partial charge in [-0.2, -0.15) is 13.2 Å². The fourth-order valence-corrected chi connectivity index (χ4v) is 4.94. The number of amides is 1. The highest BCUT2D eigenvalue weighted by Crippen LogP contribution is 2.48. The van der Waals surface area contributed by atoms with Crippen LogP contribution in [0.1, 0.15) is 23.5 Å². The first-order valence-electron chi connectivity index (χ1n) is 10.8. The summed E-state index contributed by atoms with van der Waals surface area (Å²) in [6.45, 7) is 0. The summed E-state index contributed by atoms with van der Waals surface area (Å²) in [5.74, 6) is -0.865. The molecule has 1 fully saturated rings. The fourth-order valence-electron chi connectivity index (χ4n) is 3.98. The van der Waals surface area contributed by atoms with Gasteiger partial charge >= 0.3 is 6.18 Å². The molecular weight excluding hydrogens is 495 g/mol. The lowest BCUT2D eigenvalue weighted by molar-refractivity contribution is -0.136. The number of hydrogen-bond acceptors (Lipinski definition) is 6. The number of anilines is 2. The average molecular weight is 514 g/mol. The highest BCUT2D eigenvalue weighted by molar-refractivity contribution is 7.92. The first kappa shape index (κ1) is 23.7. The molecule has 2 aromatic carbocycles. The van der Waals surface area contributed by atoms with E-state index in [9.17, 15) is 26.4 Å². The molecule has 0 aliphatic heterocycles. The highest BCUT2D eigenvalue weighted by atomic mass is 32.2. The van der Waals surface area contributed by atoms with E-state index >= 15 is 0 Å². The maximum atomic E-state index is 13.3. The first-order chi connectivity index (χ1) is 17.1. The van der Waals surface area contributed by atoms with E-state index < -0.39 is 21.8 Å². The lowest BCUT2D eigenvalue weighted by atomic mass is 10.1. The fraction of sp³-hybridized carbons (Fsp3) is 0.167. The Hall–Kier alpha value is -4.06. The van der Waals surface area contributed by atoms with E-state index in [1.54, 1.807) is 18.2 Å². The van der Waals surface area contributed by atoms with Crippen LogP contribution in [0.15, 0.2) is 78.2 Å². The Morgan fingerprint density at radius 2 is 1.72 bits per heavy atom. The second-order valence-electron chi connectivity index (χ2n) is 8.31. The monoisotopic (exact) mass is 513 g/mol. The van der Waals surface area contributed by atoms with E-state index in [1.807, 2.05) is 0 Å². The minimum absolute atomic E-state index is 0.0199. The summed E-state index contributed by atoms with van der Waals surface area (Å²) >= 11 is 0. The van der Waals surface area contributed by atoms with Gasteiger partial charge in [-0.25, -0.2) is 23.1 Å². The predicted molar refractivity (Wildman–Crippen MR) is 126 cm³/mol. The number of carbonyl (C=O) groups is 1. The van der Waals surface area contributed by atoms with Gasteiger partial charge in [-0.05, 0) is 53.6 Å². The number of benzene rings is 2. The summed E-state index contributed by atoms with van der Waals surface area (Å²) < 4.78 is 67.3. The van der Waals surface area contributed by atoms with Crippen molar-refractivity contribution in [2.45, 2.75) is 23.4 Å². The van der Waals surface area contributed by atoms with Crippen LogP contribution < -0.4 is 10.0 Å². The Bertz CT molecular complexity index is 1550. The molecule has 2 N–H and O–H groups in total. The third kappa shape index (κ3) is 4.85. The lowest BCUT2D eigenvalue weighted by Gasteiger charge is -2.12. The number of halogens is 3. The number of nitrogens with one attached hydrogen (secondary N) is 2. The molecule has 12 heteroatoms. The van der Waals surface area contributed by atoms with Gasteiger partial charge in [0.15, 0.2) is 0 Å². The summed E-state index contributed by atoms with van der Waals surface area (Å²) in [5, 5.41) is 2.96. The van der Waals surface area contributed by atoms with Gasteiger partial charge in [0.1, 0.15) is 0 Å². The van der Waals surface area contributed by atoms with Crippen LogP contribution in [-0.2, 0) is 21.0 Å². The molecule has 0 saturated heterocycles. The zero-order valence-corrected chi connectivity index (χ0v) is 19.2. The van der Waals surface area contributed by atoms with Crippen LogP contribution >= 0.6 is 0 Å². The Morgan fingerprint density at radius 3 is 2.42 bits per heavy atom. The summed E-state index contributed by atoms with van der Waals surface area (Å²) in [7, 11) is -3.88. The van der Waals surface area contributed by atoms with Crippen molar-refractivity contribution >= 4 is 38.3 Å². The Balaban J connectivity index is 1.27. The Labute approximate surface area is 203 Å². The largest absolute Gasteiger partial charge is 0.418 e. The summed E-state index contributed by atoms with van der Waals surface area (Å²) in [6, 6.07) is 12.0. The van der Waals surface area contributed by atoms with Crippen LogP contribution in [0.3, 0.4) is 0 Å². The van der Waals surface area contributed by atoms with Crippen molar-refractivity contribution in [1.82, 2.24) is 15.0 Å². The second-order valence-corrected chi connectivity index (χ2v) is 9.99. The number of aromatic nitrogens is 3. The molecule has 5 rings (SSSR count). The summed E-state index contributed by atoms with van der Waals surface area (Å²) in [4.78, 5) is 24.1. The maximum absolute atomic E-state index is 13.3. The average Bonchev–Trinajstić information content (AvgIpc) is 3.65. The van der Waals surface area contributed by atoms with Crippen LogP contribution in [-0.4, -0.2) is 29.3 Å². The van der Waals surface area contributed by atoms with Crippen molar-refractivity contribution in [3.8, 4) is 0 Å². The van der Waals surface area contributed by atoms with Gasteiger partial charge in [-0.1, -0.05) is 18.2 Å². The van der Waals surface area contributed by atoms with E-state index in [-0.39, 0.29) is 39.7 Å². The zero-order valence-electron chi connectivity index (χ0n) is 18.4. The van der Waals surface area contributed by atoms with E-state index in [4.69, 9.17) is 0 Å². The van der Waals surface area contributed by atoms with Gasteiger partial charge in [0.05, 0.1) is 10.5 Å². The maximum Gasteiger partial charge on any atom is 0.418 e. The van der Waals surface area contributed by atoms with Gasteiger partial charge in [-0.3, -0.25) is 9.78 Å². The molecular formula is C24H18F3N5O3S. The predicted octanol–water partition coefficient (Wildman–Crippen LogP) is 4.59. The smallest absolute Gasteiger partial charge is 0.326 e. The van der Waals surface area contributed by atoms with Gasteiger partial charge in [0, 0.05) is 41.8 Å². The molecule has 184 valence electrons. The van der Waals surface area contributed by atoms with E-state index in [0.717, 1.165) is 11.8 Å². The van der Waals surface area contributed by atoms with Crippen LogP contribution in [0.5, 0.6) is 0 Å². The number of carbonyl (C=O) groups excluding carboxylic acids is 1. The van der Waals surface area contributed by atoms with Crippen molar-refractivity contribution in [1.29, 1.82) is 0 Å². The quantitative estimate of drug-likeness (QED) is 0.390. The standard InChI is InChI=1S/C24H18F3N5O3S/c25-24(26,27)21-13-28-12-15-2-5-16(10-19(15)21)31-22(33)20-11-18(20)14-3-6-17(7-4-14)36(34,35)32-23-29-8-1-9-30-23/h1-10,12-13,18,20H,11H2,(H,31,33)(H,29,30,32)/t18?,20-/m1/s1. The Kier molecular flexibility index (Phi) is 5.83. The van der Waals surface area contributed by atoms with Gasteiger partial charge in [0.25, 0.3) is 10.0 Å². The third-order valence-corrected chi connectivity index (χ3v) is 7.21. The van der Waals surface area contributed by atoms with Gasteiger partial charge < -0.3 is 5.32 Å². The Morgan fingerprint density at radius 1 is 1.00 bits per heavy atom. The van der Waals surface area contributed by atoms with Crippen molar-refractivity contribution in [3.05, 3.63) is 84.4 Å².